The number of hydrogen-bond donors (Lipinski definition) is 0. The average molecular weight is 418 g/mol. The lowest BCUT2D eigenvalue weighted by Crippen LogP contribution is -2.04. The molecule has 0 aromatic heterocycles. The van der Waals surface area contributed by atoms with E-state index in [0.29, 0.717) is 12.8 Å². The van der Waals surface area contributed by atoms with E-state index in [1.54, 1.807) is 6.07 Å². The van der Waals surface area contributed by atoms with Gasteiger partial charge in [0.25, 0.3) is 0 Å². The second kappa shape index (κ2) is 9.88. The predicted molar refractivity (Wildman–Crippen MR) is 108 cm³/mol. The molecule has 0 saturated carbocycles. The molecule has 0 radical (unpaired) electrons. The molecule has 0 nitrogen and oxygen atoms in total. The second-order valence-electron chi connectivity index (χ2n) is 7.45. The van der Waals surface area contributed by atoms with E-state index in [-0.39, 0.29) is 29.5 Å². The van der Waals surface area contributed by atoms with Crippen LogP contribution in [0.15, 0.2) is 48.5 Å². The molecular weight excluding hydrogens is 395 g/mol. The summed E-state index contributed by atoms with van der Waals surface area (Å²) in [5.74, 6) is -5.98. The number of rotatable bonds is 8. The highest BCUT2D eigenvalue weighted by molar-refractivity contribution is 5.30. The quantitative estimate of drug-likeness (QED) is 0.276. The number of halogens is 5. The first kappa shape index (κ1) is 22.0. The van der Waals surface area contributed by atoms with Crippen LogP contribution in [0.1, 0.15) is 41.2 Å². The van der Waals surface area contributed by atoms with Crippen molar-refractivity contribution in [2.45, 2.75) is 45.4 Å². The normalized spacial score (nSPS) is 11.1. The van der Waals surface area contributed by atoms with Crippen molar-refractivity contribution in [2.75, 3.05) is 0 Å². The van der Waals surface area contributed by atoms with Crippen LogP contribution in [0.3, 0.4) is 0 Å². The maximum atomic E-state index is 14.5. The summed E-state index contributed by atoms with van der Waals surface area (Å²) in [4.78, 5) is 0. The zero-order chi connectivity index (χ0) is 21.7. The Morgan fingerprint density at radius 2 is 0.933 bits per heavy atom. The molecule has 0 aliphatic rings. The minimum absolute atomic E-state index is 0.0481. The van der Waals surface area contributed by atoms with Gasteiger partial charge in [0.15, 0.2) is 29.1 Å². The van der Waals surface area contributed by atoms with Crippen molar-refractivity contribution in [2.24, 2.45) is 0 Å². The summed E-state index contributed by atoms with van der Waals surface area (Å²) in [6.45, 7) is 2.12. The minimum atomic E-state index is -1.54. The Morgan fingerprint density at radius 1 is 0.500 bits per heavy atom. The van der Waals surface area contributed by atoms with Crippen molar-refractivity contribution in [3.05, 3.63) is 105 Å². The van der Waals surface area contributed by atoms with Gasteiger partial charge in [0.1, 0.15) is 0 Å². The van der Waals surface area contributed by atoms with Gasteiger partial charge in [0, 0.05) is 0 Å². The smallest absolute Gasteiger partial charge is 0.194 e. The lowest BCUT2D eigenvalue weighted by molar-refractivity contribution is 0.445. The molecule has 0 unspecified atom stereocenters. The summed E-state index contributed by atoms with van der Waals surface area (Å²) >= 11 is 0. The molecule has 30 heavy (non-hydrogen) atoms. The Labute approximate surface area is 173 Å². The third-order valence-electron chi connectivity index (χ3n) is 5.21. The average Bonchev–Trinajstić information content (AvgIpc) is 2.73. The lowest BCUT2D eigenvalue weighted by atomic mass is 9.98. The van der Waals surface area contributed by atoms with Crippen LogP contribution in [0.5, 0.6) is 0 Å². The summed E-state index contributed by atoms with van der Waals surface area (Å²) in [6.07, 6.45) is 3.15. The van der Waals surface area contributed by atoms with Crippen molar-refractivity contribution in [3.8, 4) is 0 Å². The number of benzene rings is 3. The van der Waals surface area contributed by atoms with Gasteiger partial charge in [-0.1, -0.05) is 49.7 Å². The Bertz CT molecular complexity index is 986. The predicted octanol–water partition coefficient (Wildman–Crippen LogP) is 6.91. The molecule has 0 fully saturated rings. The van der Waals surface area contributed by atoms with Crippen LogP contribution in [-0.4, -0.2) is 0 Å². The summed E-state index contributed by atoms with van der Waals surface area (Å²) < 4.78 is 68.6. The van der Waals surface area contributed by atoms with Crippen LogP contribution in [0, 0.1) is 29.1 Å². The molecule has 0 spiro atoms. The summed E-state index contributed by atoms with van der Waals surface area (Å²) in [7, 11) is 0. The van der Waals surface area contributed by atoms with E-state index in [1.807, 2.05) is 12.1 Å². The molecule has 3 aromatic rings. The fraction of sp³-hybridized carbons (Fsp3) is 0.280. The lowest BCUT2D eigenvalue weighted by Gasteiger charge is -2.10. The summed E-state index contributed by atoms with van der Waals surface area (Å²) in [5.41, 5.74) is 2.89. The minimum Gasteiger partial charge on any atom is -0.204 e. The van der Waals surface area contributed by atoms with E-state index in [4.69, 9.17) is 0 Å². The third kappa shape index (κ3) is 5.26. The fourth-order valence-electron chi connectivity index (χ4n) is 3.49. The van der Waals surface area contributed by atoms with Gasteiger partial charge in [-0.15, -0.1) is 0 Å². The van der Waals surface area contributed by atoms with Crippen molar-refractivity contribution in [3.63, 3.8) is 0 Å². The van der Waals surface area contributed by atoms with E-state index < -0.39 is 29.1 Å². The van der Waals surface area contributed by atoms with Gasteiger partial charge < -0.3 is 0 Å². The van der Waals surface area contributed by atoms with E-state index in [9.17, 15) is 22.0 Å². The first-order valence-electron chi connectivity index (χ1n) is 10.1. The molecule has 0 aliphatic heterocycles. The highest BCUT2D eigenvalue weighted by atomic mass is 19.2. The second-order valence-corrected chi connectivity index (χ2v) is 7.45. The SMILES string of the molecule is CCCc1ccc(CCc2ccc(CCc3cc(F)c(F)c(F)c3)c(F)c2F)cc1. The van der Waals surface area contributed by atoms with Gasteiger partial charge in [-0.2, -0.15) is 0 Å². The van der Waals surface area contributed by atoms with Crippen molar-refractivity contribution in [1.29, 1.82) is 0 Å². The monoisotopic (exact) mass is 418 g/mol. The largest absolute Gasteiger partial charge is 0.204 e. The molecule has 0 atom stereocenters. The highest BCUT2D eigenvalue weighted by Crippen LogP contribution is 2.21. The van der Waals surface area contributed by atoms with E-state index in [0.717, 1.165) is 30.5 Å². The van der Waals surface area contributed by atoms with Gasteiger partial charge in [-0.05, 0) is 72.1 Å². The van der Waals surface area contributed by atoms with E-state index >= 15 is 0 Å². The molecule has 0 heterocycles. The topological polar surface area (TPSA) is 0 Å². The summed E-state index contributed by atoms with van der Waals surface area (Å²) in [5, 5.41) is 0. The molecular formula is C25H23F5. The van der Waals surface area contributed by atoms with Crippen LogP contribution in [0.2, 0.25) is 0 Å². The van der Waals surface area contributed by atoms with Gasteiger partial charge >= 0.3 is 0 Å². The molecule has 3 aromatic carbocycles. The molecule has 0 aliphatic carbocycles. The third-order valence-corrected chi connectivity index (χ3v) is 5.21. The first-order valence-corrected chi connectivity index (χ1v) is 10.1. The van der Waals surface area contributed by atoms with Crippen molar-refractivity contribution < 1.29 is 22.0 Å². The van der Waals surface area contributed by atoms with Gasteiger partial charge in [0.05, 0.1) is 0 Å². The highest BCUT2D eigenvalue weighted by Gasteiger charge is 2.15. The van der Waals surface area contributed by atoms with Gasteiger partial charge in [-0.3, -0.25) is 0 Å². The Balaban J connectivity index is 1.65. The zero-order valence-electron chi connectivity index (χ0n) is 16.8. The Hall–Kier alpha value is -2.69. The fourth-order valence-corrected chi connectivity index (χ4v) is 3.49. The van der Waals surface area contributed by atoms with E-state index in [2.05, 4.69) is 19.1 Å². The van der Waals surface area contributed by atoms with Gasteiger partial charge in [-0.25, -0.2) is 22.0 Å². The first-order chi connectivity index (χ1) is 14.4. The summed E-state index contributed by atoms with van der Waals surface area (Å²) in [6, 6.07) is 12.9. The molecule has 5 heteroatoms. The molecule has 0 saturated heterocycles. The van der Waals surface area contributed by atoms with Gasteiger partial charge in [0.2, 0.25) is 0 Å². The maximum absolute atomic E-state index is 14.5. The molecule has 0 bridgehead atoms. The number of aryl methyl sites for hydroxylation is 5. The molecule has 158 valence electrons. The standard InChI is InChI=1S/C25H23F5/c1-2-3-16-4-6-17(7-5-16)8-10-19-12-13-20(24(29)23(19)28)11-9-18-14-21(26)25(30)22(27)15-18/h4-7,12-15H,2-3,8-11H2,1H3. The molecule has 0 N–H and O–H groups in total. The van der Waals surface area contributed by atoms with Crippen LogP contribution >= 0.6 is 0 Å². The Kier molecular flexibility index (Phi) is 7.24. The number of hydrogen-bond acceptors (Lipinski definition) is 0. The molecule has 3 rings (SSSR count). The maximum Gasteiger partial charge on any atom is 0.194 e. The Morgan fingerprint density at radius 3 is 1.40 bits per heavy atom. The van der Waals surface area contributed by atoms with Crippen molar-refractivity contribution in [1.82, 2.24) is 0 Å². The van der Waals surface area contributed by atoms with Crippen molar-refractivity contribution >= 4 is 0 Å². The van der Waals surface area contributed by atoms with Crippen LogP contribution in [0.25, 0.3) is 0 Å². The van der Waals surface area contributed by atoms with Crippen LogP contribution in [0.4, 0.5) is 22.0 Å². The van der Waals surface area contributed by atoms with Crippen LogP contribution in [-0.2, 0) is 32.1 Å². The molecule has 0 amide bonds. The zero-order valence-corrected chi connectivity index (χ0v) is 16.8. The van der Waals surface area contributed by atoms with Crippen LogP contribution < -0.4 is 0 Å². The van der Waals surface area contributed by atoms with E-state index in [1.165, 1.54) is 11.6 Å².